The summed E-state index contributed by atoms with van der Waals surface area (Å²) in [5, 5.41) is 0. The Hall–Kier alpha value is -1.06. The molecule has 0 unspecified atom stereocenters. The van der Waals surface area contributed by atoms with E-state index in [1.54, 1.807) is 7.11 Å². The Balaban J connectivity index is 1.86. The van der Waals surface area contributed by atoms with Crippen LogP contribution >= 0.6 is 0 Å². The van der Waals surface area contributed by atoms with E-state index in [1.165, 1.54) is 17.5 Å². The van der Waals surface area contributed by atoms with Crippen LogP contribution < -0.4 is 4.74 Å². The SMILES string of the molecule is COc1cc(CCCN2CCOCC2)ccc1C(C)C. The second-order valence-corrected chi connectivity index (χ2v) is 5.79. The monoisotopic (exact) mass is 277 g/mol. The molecule has 1 aliphatic rings. The summed E-state index contributed by atoms with van der Waals surface area (Å²) in [5.41, 5.74) is 2.67. The Morgan fingerprint density at radius 3 is 2.65 bits per heavy atom. The molecule has 0 aromatic heterocycles. The van der Waals surface area contributed by atoms with Crippen LogP contribution in [0.15, 0.2) is 18.2 Å². The molecule has 0 radical (unpaired) electrons. The summed E-state index contributed by atoms with van der Waals surface area (Å²) in [4.78, 5) is 2.49. The average Bonchev–Trinajstić information content (AvgIpc) is 2.48. The van der Waals surface area contributed by atoms with Crippen molar-refractivity contribution < 1.29 is 9.47 Å². The van der Waals surface area contributed by atoms with Crippen molar-refractivity contribution in [3.8, 4) is 5.75 Å². The molecule has 3 heteroatoms. The van der Waals surface area contributed by atoms with E-state index in [9.17, 15) is 0 Å². The van der Waals surface area contributed by atoms with Crippen LogP contribution in [0.1, 0.15) is 37.3 Å². The van der Waals surface area contributed by atoms with Gasteiger partial charge in [-0.1, -0.05) is 26.0 Å². The van der Waals surface area contributed by atoms with Gasteiger partial charge in [-0.25, -0.2) is 0 Å². The van der Waals surface area contributed by atoms with E-state index in [4.69, 9.17) is 9.47 Å². The summed E-state index contributed by atoms with van der Waals surface area (Å²) < 4.78 is 10.9. The first kappa shape index (κ1) is 15.3. The number of ether oxygens (including phenoxy) is 2. The second kappa shape index (κ2) is 7.65. The lowest BCUT2D eigenvalue weighted by atomic mass is 9.99. The maximum atomic E-state index is 5.52. The van der Waals surface area contributed by atoms with Crippen molar-refractivity contribution >= 4 is 0 Å². The van der Waals surface area contributed by atoms with Crippen molar-refractivity contribution in [2.45, 2.75) is 32.6 Å². The van der Waals surface area contributed by atoms with Gasteiger partial charge >= 0.3 is 0 Å². The highest BCUT2D eigenvalue weighted by Crippen LogP contribution is 2.27. The third-order valence-corrected chi connectivity index (χ3v) is 3.96. The van der Waals surface area contributed by atoms with Gasteiger partial charge in [-0.05, 0) is 42.5 Å². The number of hydrogen-bond acceptors (Lipinski definition) is 3. The van der Waals surface area contributed by atoms with Crippen LogP contribution in [0.5, 0.6) is 5.75 Å². The molecule has 0 spiro atoms. The number of rotatable bonds is 6. The summed E-state index contributed by atoms with van der Waals surface area (Å²) in [6.45, 7) is 9.50. The molecular weight excluding hydrogens is 250 g/mol. The van der Waals surface area contributed by atoms with Crippen LogP contribution in [-0.4, -0.2) is 44.9 Å². The molecule has 0 saturated carbocycles. The topological polar surface area (TPSA) is 21.7 Å². The van der Waals surface area contributed by atoms with Crippen molar-refractivity contribution in [3.63, 3.8) is 0 Å². The van der Waals surface area contributed by atoms with Gasteiger partial charge in [0.25, 0.3) is 0 Å². The quantitative estimate of drug-likeness (QED) is 0.797. The van der Waals surface area contributed by atoms with E-state index in [1.807, 2.05) is 0 Å². The van der Waals surface area contributed by atoms with Gasteiger partial charge in [0.15, 0.2) is 0 Å². The molecular formula is C17H27NO2. The first-order valence-electron chi connectivity index (χ1n) is 7.67. The fraction of sp³-hybridized carbons (Fsp3) is 0.647. The smallest absolute Gasteiger partial charge is 0.122 e. The zero-order valence-electron chi connectivity index (χ0n) is 13.0. The van der Waals surface area contributed by atoms with Gasteiger partial charge in [0.1, 0.15) is 5.75 Å². The summed E-state index contributed by atoms with van der Waals surface area (Å²) >= 11 is 0. The number of morpholine rings is 1. The minimum atomic E-state index is 0.507. The molecule has 20 heavy (non-hydrogen) atoms. The van der Waals surface area contributed by atoms with Crippen molar-refractivity contribution in [2.75, 3.05) is 40.0 Å². The highest BCUT2D eigenvalue weighted by Gasteiger charge is 2.11. The summed E-state index contributed by atoms with van der Waals surface area (Å²) in [7, 11) is 1.76. The van der Waals surface area contributed by atoms with E-state index in [-0.39, 0.29) is 0 Å². The third-order valence-electron chi connectivity index (χ3n) is 3.96. The molecule has 0 amide bonds. The van der Waals surface area contributed by atoms with E-state index >= 15 is 0 Å². The van der Waals surface area contributed by atoms with Crippen LogP contribution in [0.2, 0.25) is 0 Å². The normalized spacial score (nSPS) is 16.6. The van der Waals surface area contributed by atoms with Gasteiger partial charge < -0.3 is 9.47 Å². The predicted molar refractivity (Wildman–Crippen MR) is 82.7 cm³/mol. The van der Waals surface area contributed by atoms with Gasteiger partial charge in [0, 0.05) is 13.1 Å². The van der Waals surface area contributed by atoms with E-state index in [0.29, 0.717) is 5.92 Å². The lowest BCUT2D eigenvalue weighted by Gasteiger charge is -2.26. The molecule has 1 aromatic carbocycles. The van der Waals surface area contributed by atoms with Gasteiger partial charge in [0.05, 0.1) is 20.3 Å². The molecule has 1 aliphatic heterocycles. The standard InChI is InChI=1S/C17H27NO2/c1-14(2)16-7-6-15(13-17(16)19-3)5-4-8-18-9-11-20-12-10-18/h6-7,13-14H,4-5,8-12H2,1-3H3. The van der Waals surface area contributed by atoms with E-state index < -0.39 is 0 Å². The Kier molecular flexibility index (Phi) is 5.86. The highest BCUT2D eigenvalue weighted by atomic mass is 16.5. The first-order valence-corrected chi connectivity index (χ1v) is 7.67. The van der Waals surface area contributed by atoms with Crippen LogP contribution in [0, 0.1) is 0 Å². The fourth-order valence-corrected chi connectivity index (χ4v) is 2.72. The minimum Gasteiger partial charge on any atom is -0.496 e. The lowest BCUT2D eigenvalue weighted by Crippen LogP contribution is -2.36. The zero-order chi connectivity index (χ0) is 14.4. The fourth-order valence-electron chi connectivity index (χ4n) is 2.72. The average molecular weight is 277 g/mol. The highest BCUT2D eigenvalue weighted by molar-refractivity contribution is 5.39. The van der Waals surface area contributed by atoms with Crippen molar-refractivity contribution in [1.29, 1.82) is 0 Å². The Morgan fingerprint density at radius 1 is 1.25 bits per heavy atom. The van der Waals surface area contributed by atoms with Gasteiger partial charge in [0.2, 0.25) is 0 Å². The van der Waals surface area contributed by atoms with Gasteiger partial charge in [-0.3, -0.25) is 4.90 Å². The number of nitrogens with zero attached hydrogens (tertiary/aromatic N) is 1. The van der Waals surface area contributed by atoms with Crippen molar-refractivity contribution in [2.24, 2.45) is 0 Å². The summed E-state index contributed by atoms with van der Waals surface area (Å²) in [6, 6.07) is 6.67. The van der Waals surface area contributed by atoms with Crippen LogP contribution in [0.3, 0.4) is 0 Å². The van der Waals surface area contributed by atoms with Crippen LogP contribution in [0.4, 0.5) is 0 Å². The number of benzene rings is 1. The molecule has 0 N–H and O–H groups in total. The Bertz CT molecular complexity index is 411. The first-order chi connectivity index (χ1) is 9.70. The number of methoxy groups -OCH3 is 1. The number of hydrogen-bond donors (Lipinski definition) is 0. The molecule has 0 bridgehead atoms. The molecule has 1 aromatic rings. The maximum Gasteiger partial charge on any atom is 0.122 e. The lowest BCUT2D eigenvalue weighted by molar-refractivity contribution is 0.0374. The van der Waals surface area contributed by atoms with E-state index in [2.05, 4.69) is 36.9 Å². The third kappa shape index (κ3) is 4.22. The maximum absolute atomic E-state index is 5.52. The van der Waals surface area contributed by atoms with Crippen molar-refractivity contribution in [3.05, 3.63) is 29.3 Å². The molecule has 1 heterocycles. The molecule has 3 nitrogen and oxygen atoms in total. The minimum absolute atomic E-state index is 0.507. The predicted octanol–water partition coefficient (Wildman–Crippen LogP) is 3.08. The second-order valence-electron chi connectivity index (χ2n) is 5.79. The number of aryl methyl sites for hydroxylation is 1. The molecule has 0 aliphatic carbocycles. The van der Waals surface area contributed by atoms with Crippen molar-refractivity contribution in [1.82, 2.24) is 4.90 Å². The van der Waals surface area contributed by atoms with E-state index in [0.717, 1.165) is 45.0 Å². The molecule has 112 valence electrons. The Labute approximate surface area is 122 Å². The molecule has 1 fully saturated rings. The summed E-state index contributed by atoms with van der Waals surface area (Å²) in [5.74, 6) is 1.54. The summed E-state index contributed by atoms with van der Waals surface area (Å²) in [6.07, 6.45) is 2.32. The van der Waals surface area contributed by atoms with Crippen LogP contribution in [0.25, 0.3) is 0 Å². The van der Waals surface area contributed by atoms with Crippen LogP contribution in [-0.2, 0) is 11.2 Å². The molecule has 1 saturated heterocycles. The van der Waals surface area contributed by atoms with Gasteiger partial charge in [-0.15, -0.1) is 0 Å². The largest absolute Gasteiger partial charge is 0.496 e. The Morgan fingerprint density at radius 2 is 2.00 bits per heavy atom. The zero-order valence-corrected chi connectivity index (χ0v) is 13.0. The molecule has 0 atom stereocenters. The molecule has 2 rings (SSSR count). The van der Waals surface area contributed by atoms with Gasteiger partial charge in [-0.2, -0.15) is 0 Å².